The van der Waals surface area contributed by atoms with E-state index in [0.29, 0.717) is 10.8 Å². The summed E-state index contributed by atoms with van der Waals surface area (Å²) in [6.45, 7) is 1.94. The highest BCUT2D eigenvalue weighted by molar-refractivity contribution is 8.00. The number of hydrogen-bond donors (Lipinski definition) is 1. The van der Waals surface area contributed by atoms with Crippen molar-refractivity contribution >= 4 is 29.3 Å². The van der Waals surface area contributed by atoms with Crippen molar-refractivity contribution in [2.24, 2.45) is 0 Å². The summed E-state index contributed by atoms with van der Waals surface area (Å²) < 4.78 is 0. The van der Waals surface area contributed by atoms with Crippen molar-refractivity contribution in [3.63, 3.8) is 0 Å². The molecule has 0 radical (unpaired) electrons. The number of benzene rings is 2. The minimum atomic E-state index is -0.0902. The van der Waals surface area contributed by atoms with Crippen LogP contribution in [0, 0.1) is 0 Å². The summed E-state index contributed by atoms with van der Waals surface area (Å²) in [5.41, 5.74) is 0.937. The molecule has 1 unspecified atom stereocenters. The fraction of sp³-hybridized carbons (Fsp3) is 0.188. The molecule has 0 aromatic heterocycles. The number of rotatable bonds is 5. The van der Waals surface area contributed by atoms with Crippen LogP contribution in [-0.2, 0) is 4.79 Å². The lowest BCUT2D eigenvalue weighted by Crippen LogP contribution is -2.28. The molecule has 2 aromatic carbocycles. The van der Waals surface area contributed by atoms with E-state index in [9.17, 15) is 4.79 Å². The minimum Gasteiger partial charge on any atom is -0.349 e. The van der Waals surface area contributed by atoms with Crippen LogP contribution in [-0.4, -0.2) is 11.7 Å². The summed E-state index contributed by atoms with van der Waals surface area (Å²) in [5, 5.41) is 3.64. The molecule has 0 heterocycles. The number of thioether (sulfide) groups is 1. The van der Waals surface area contributed by atoms with Crippen molar-refractivity contribution in [3.05, 3.63) is 65.2 Å². The van der Waals surface area contributed by atoms with Gasteiger partial charge in [-0.15, -0.1) is 11.8 Å². The van der Waals surface area contributed by atoms with Gasteiger partial charge in [-0.05, 0) is 30.7 Å². The Bertz CT molecular complexity index is 574. The molecule has 20 heavy (non-hydrogen) atoms. The van der Waals surface area contributed by atoms with Crippen molar-refractivity contribution in [1.29, 1.82) is 0 Å². The summed E-state index contributed by atoms with van der Waals surface area (Å²) in [6, 6.07) is 17.4. The van der Waals surface area contributed by atoms with Gasteiger partial charge in [0, 0.05) is 9.92 Å². The van der Waals surface area contributed by atoms with Gasteiger partial charge in [0.25, 0.3) is 0 Å². The van der Waals surface area contributed by atoms with Gasteiger partial charge in [-0.1, -0.05) is 48.0 Å². The maximum atomic E-state index is 11.9. The van der Waals surface area contributed by atoms with Crippen molar-refractivity contribution in [2.75, 3.05) is 5.75 Å². The zero-order valence-corrected chi connectivity index (χ0v) is 12.7. The van der Waals surface area contributed by atoms with Crippen LogP contribution in [0.25, 0.3) is 0 Å². The molecule has 1 atom stereocenters. The molecule has 2 aromatic rings. The topological polar surface area (TPSA) is 29.1 Å². The Morgan fingerprint density at radius 3 is 2.50 bits per heavy atom. The van der Waals surface area contributed by atoms with Crippen molar-refractivity contribution < 1.29 is 4.79 Å². The third-order valence-corrected chi connectivity index (χ3v) is 4.22. The zero-order valence-electron chi connectivity index (χ0n) is 11.2. The van der Waals surface area contributed by atoms with Crippen molar-refractivity contribution in [1.82, 2.24) is 5.32 Å². The molecule has 4 heteroatoms. The molecule has 104 valence electrons. The number of halogens is 1. The lowest BCUT2D eigenvalue weighted by Gasteiger charge is -2.15. The normalized spacial score (nSPS) is 11.9. The third-order valence-electron chi connectivity index (χ3n) is 2.86. The van der Waals surface area contributed by atoms with Crippen molar-refractivity contribution in [3.8, 4) is 0 Å². The first-order chi connectivity index (χ1) is 9.66. The van der Waals surface area contributed by atoms with Crippen LogP contribution in [0.4, 0.5) is 0 Å². The number of carbonyl (C=O) groups excluding carboxylic acids is 1. The van der Waals surface area contributed by atoms with E-state index >= 15 is 0 Å². The standard InChI is InChI=1S/C16H16ClNOS/c1-12(14-9-5-6-10-15(14)17)18-16(19)11-20-13-7-3-2-4-8-13/h2-10,12H,11H2,1H3,(H,18,19). The summed E-state index contributed by atoms with van der Waals surface area (Å²) in [7, 11) is 0. The van der Waals surface area contributed by atoms with Gasteiger partial charge in [0.15, 0.2) is 0 Å². The molecule has 0 saturated carbocycles. The lowest BCUT2D eigenvalue weighted by atomic mass is 10.1. The first-order valence-corrected chi connectivity index (χ1v) is 7.75. The maximum Gasteiger partial charge on any atom is 0.230 e. The number of hydrogen-bond acceptors (Lipinski definition) is 2. The number of amides is 1. The van der Waals surface area contributed by atoms with Gasteiger partial charge in [0.05, 0.1) is 11.8 Å². The van der Waals surface area contributed by atoms with Gasteiger partial charge in [0.1, 0.15) is 0 Å². The monoisotopic (exact) mass is 305 g/mol. The second kappa shape index (κ2) is 7.36. The highest BCUT2D eigenvalue weighted by atomic mass is 35.5. The predicted molar refractivity (Wildman–Crippen MR) is 85.2 cm³/mol. The van der Waals surface area contributed by atoms with Crippen molar-refractivity contribution in [2.45, 2.75) is 17.9 Å². The Hall–Kier alpha value is -1.45. The van der Waals surface area contributed by atoms with E-state index < -0.39 is 0 Å². The fourth-order valence-electron chi connectivity index (χ4n) is 1.85. The van der Waals surface area contributed by atoms with Gasteiger partial charge >= 0.3 is 0 Å². The molecule has 2 rings (SSSR count). The second-order valence-corrected chi connectivity index (χ2v) is 5.87. The summed E-state index contributed by atoms with van der Waals surface area (Å²) in [6.07, 6.45) is 0. The average molecular weight is 306 g/mol. The van der Waals surface area contributed by atoms with Crippen LogP contribution in [0.3, 0.4) is 0 Å². The van der Waals surface area contributed by atoms with Gasteiger partial charge in [0.2, 0.25) is 5.91 Å². The Labute approximate surface area is 128 Å². The average Bonchev–Trinajstić information content (AvgIpc) is 2.46. The lowest BCUT2D eigenvalue weighted by molar-refractivity contribution is -0.119. The molecule has 0 aliphatic heterocycles. The van der Waals surface area contributed by atoms with E-state index in [1.807, 2.05) is 61.5 Å². The van der Waals surface area contributed by atoms with E-state index in [1.54, 1.807) is 0 Å². The van der Waals surface area contributed by atoms with Gasteiger partial charge in [-0.2, -0.15) is 0 Å². The zero-order chi connectivity index (χ0) is 14.4. The van der Waals surface area contributed by atoms with Crippen LogP contribution in [0.15, 0.2) is 59.5 Å². The molecule has 0 fully saturated rings. The van der Waals surface area contributed by atoms with E-state index in [0.717, 1.165) is 10.5 Å². The fourth-order valence-corrected chi connectivity index (χ4v) is 2.88. The molecule has 0 aliphatic carbocycles. The second-order valence-electron chi connectivity index (χ2n) is 4.41. The molecule has 2 nitrogen and oxygen atoms in total. The molecule has 1 amide bonds. The van der Waals surface area contributed by atoms with E-state index in [4.69, 9.17) is 11.6 Å². The van der Waals surface area contributed by atoms with Crippen LogP contribution in [0.5, 0.6) is 0 Å². The quantitative estimate of drug-likeness (QED) is 0.834. The summed E-state index contributed by atoms with van der Waals surface area (Å²) in [4.78, 5) is 13.0. The van der Waals surface area contributed by atoms with E-state index in [1.165, 1.54) is 11.8 Å². The Kier molecular flexibility index (Phi) is 5.50. The molecule has 0 spiro atoms. The Morgan fingerprint density at radius 1 is 1.15 bits per heavy atom. The minimum absolute atomic E-state index is 0.00581. The summed E-state index contributed by atoms with van der Waals surface area (Å²) in [5.74, 6) is 0.407. The summed E-state index contributed by atoms with van der Waals surface area (Å²) >= 11 is 7.64. The SMILES string of the molecule is CC(NC(=O)CSc1ccccc1)c1ccccc1Cl. The molecular formula is C16H16ClNOS. The molecular weight excluding hydrogens is 290 g/mol. The molecule has 1 N–H and O–H groups in total. The first-order valence-electron chi connectivity index (χ1n) is 6.38. The predicted octanol–water partition coefficient (Wildman–Crippen LogP) is 4.31. The Morgan fingerprint density at radius 2 is 1.80 bits per heavy atom. The van der Waals surface area contributed by atoms with E-state index in [2.05, 4.69) is 5.32 Å². The number of nitrogens with one attached hydrogen (secondary N) is 1. The Balaban J connectivity index is 1.87. The largest absolute Gasteiger partial charge is 0.349 e. The van der Waals surface area contributed by atoms with Crippen LogP contribution in [0.1, 0.15) is 18.5 Å². The van der Waals surface area contributed by atoms with E-state index in [-0.39, 0.29) is 11.9 Å². The third kappa shape index (κ3) is 4.29. The smallest absolute Gasteiger partial charge is 0.230 e. The van der Waals surface area contributed by atoms with Crippen LogP contribution >= 0.6 is 23.4 Å². The molecule has 0 bridgehead atoms. The maximum absolute atomic E-state index is 11.9. The van der Waals surface area contributed by atoms with Crippen LogP contribution in [0.2, 0.25) is 5.02 Å². The highest BCUT2D eigenvalue weighted by Crippen LogP contribution is 2.22. The molecule has 0 saturated heterocycles. The van der Waals surface area contributed by atoms with Gasteiger partial charge < -0.3 is 5.32 Å². The first kappa shape index (κ1) is 14.9. The van der Waals surface area contributed by atoms with Crippen LogP contribution < -0.4 is 5.32 Å². The van der Waals surface area contributed by atoms with Gasteiger partial charge in [-0.25, -0.2) is 0 Å². The molecule has 0 aliphatic rings. The van der Waals surface area contributed by atoms with Gasteiger partial charge in [-0.3, -0.25) is 4.79 Å². The number of carbonyl (C=O) groups is 1. The highest BCUT2D eigenvalue weighted by Gasteiger charge is 2.12.